The Morgan fingerprint density at radius 2 is 1.72 bits per heavy atom. The molecule has 1 amide bonds. The van der Waals surface area contributed by atoms with Gasteiger partial charge < -0.3 is 10.1 Å². The van der Waals surface area contributed by atoms with Crippen LogP contribution >= 0.6 is 0 Å². The Kier molecular flexibility index (Phi) is 6.42. The molecule has 0 saturated carbocycles. The van der Waals surface area contributed by atoms with E-state index < -0.39 is 0 Å². The van der Waals surface area contributed by atoms with Crippen LogP contribution in [0.5, 0.6) is 5.75 Å². The maximum absolute atomic E-state index is 12.8. The number of imidazole rings is 1. The largest absolute Gasteiger partial charge is 0.491 e. The van der Waals surface area contributed by atoms with Gasteiger partial charge in [0.1, 0.15) is 12.3 Å². The minimum absolute atomic E-state index is 0.0113. The molecule has 6 nitrogen and oxygen atoms in total. The SMILES string of the molecule is CCCn1c(=O)n(CC(=O)NC(C)c2cccc(OC(C)C)c2)c2ccccc21. The molecule has 0 spiro atoms. The number of fused-ring (bicyclic) bond motifs is 1. The summed E-state index contributed by atoms with van der Waals surface area (Å²) in [7, 11) is 0. The summed E-state index contributed by atoms with van der Waals surface area (Å²) in [5.74, 6) is 0.576. The Labute approximate surface area is 171 Å². The van der Waals surface area contributed by atoms with Crippen LogP contribution in [0.25, 0.3) is 11.0 Å². The minimum Gasteiger partial charge on any atom is -0.491 e. The lowest BCUT2D eigenvalue weighted by molar-refractivity contribution is -0.122. The van der Waals surface area contributed by atoms with Gasteiger partial charge in [-0.3, -0.25) is 13.9 Å². The number of hydrogen-bond donors (Lipinski definition) is 1. The summed E-state index contributed by atoms with van der Waals surface area (Å²) < 4.78 is 9.02. The van der Waals surface area contributed by atoms with E-state index in [1.807, 2.05) is 76.2 Å². The summed E-state index contributed by atoms with van der Waals surface area (Å²) >= 11 is 0. The van der Waals surface area contributed by atoms with Crippen LogP contribution < -0.4 is 15.7 Å². The van der Waals surface area contributed by atoms with Crippen molar-refractivity contribution in [1.29, 1.82) is 0 Å². The average Bonchev–Trinajstić information content (AvgIpc) is 2.94. The van der Waals surface area contributed by atoms with Gasteiger partial charge in [0.15, 0.2) is 0 Å². The molecule has 0 aliphatic heterocycles. The molecule has 1 aromatic heterocycles. The third kappa shape index (κ3) is 4.70. The smallest absolute Gasteiger partial charge is 0.329 e. The summed E-state index contributed by atoms with van der Waals surface area (Å²) in [6.45, 7) is 8.53. The van der Waals surface area contributed by atoms with Gasteiger partial charge in [-0.25, -0.2) is 4.79 Å². The highest BCUT2D eigenvalue weighted by Gasteiger charge is 2.16. The van der Waals surface area contributed by atoms with Crippen LogP contribution in [0.2, 0.25) is 0 Å². The quantitative estimate of drug-likeness (QED) is 0.630. The summed E-state index contributed by atoms with van der Waals surface area (Å²) in [5.41, 5.74) is 2.44. The van der Waals surface area contributed by atoms with Crippen molar-refractivity contribution >= 4 is 16.9 Å². The molecule has 0 fully saturated rings. The predicted molar refractivity (Wildman–Crippen MR) is 115 cm³/mol. The molecule has 3 aromatic rings. The topological polar surface area (TPSA) is 65.3 Å². The Bertz CT molecular complexity index is 1050. The fraction of sp³-hybridized carbons (Fsp3) is 0.391. The van der Waals surface area contributed by atoms with Gasteiger partial charge in [-0.15, -0.1) is 0 Å². The number of carbonyl (C=O) groups excluding carboxylic acids is 1. The number of nitrogens with zero attached hydrogens (tertiary/aromatic N) is 2. The lowest BCUT2D eigenvalue weighted by Gasteiger charge is -2.17. The van der Waals surface area contributed by atoms with Crippen LogP contribution in [0, 0.1) is 0 Å². The van der Waals surface area contributed by atoms with E-state index in [2.05, 4.69) is 5.32 Å². The van der Waals surface area contributed by atoms with E-state index in [0.29, 0.717) is 6.54 Å². The number of rotatable bonds is 8. The highest BCUT2D eigenvalue weighted by molar-refractivity contribution is 5.81. The Morgan fingerprint density at radius 3 is 2.38 bits per heavy atom. The van der Waals surface area contributed by atoms with Gasteiger partial charge in [0.25, 0.3) is 0 Å². The molecule has 0 aliphatic carbocycles. The summed E-state index contributed by atoms with van der Waals surface area (Å²) in [6.07, 6.45) is 0.939. The molecular formula is C23H29N3O3. The normalized spacial score (nSPS) is 12.3. The van der Waals surface area contributed by atoms with E-state index in [4.69, 9.17) is 4.74 Å². The number of aryl methyl sites for hydroxylation is 1. The summed E-state index contributed by atoms with van der Waals surface area (Å²) in [6, 6.07) is 15.1. The molecule has 1 atom stereocenters. The molecule has 2 aromatic carbocycles. The monoisotopic (exact) mass is 395 g/mol. The van der Waals surface area contributed by atoms with Gasteiger partial charge in [0.05, 0.1) is 23.2 Å². The molecule has 0 aliphatic rings. The molecule has 154 valence electrons. The molecule has 1 N–H and O–H groups in total. The van der Waals surface area contributed by atoms with Crippen LogP contribution in [0.1, 0.15) is 45.7 Å². The third-order valence-corrected chi connectivity index (χ3v) is 4.78. The van der Waals surface area contributed by atoms with E-state index in [0.717, 1.165) is 28.8 Å². The number of hydrogen-bond acceptors (Lipinski definition) is 3. The first kappa shape index (κ1) is 20.7. The van der Waals surface area contributed by atoms with Gasteiger partial charge in [-0.1, -0.05) is 31.2 Å². The average molecular weight is 396 g/mol. The fourth-order valence-corrected chi connectivity index (χ4v) is 3.51. The van der Waals surface area contributed by atoms with Gasteiger partial charge in [-0.05, 0) is 57.0 Å². The van der Waals surface area contributed by atoms with Crippen molar-refractivity contribution in [2.24, 2.45) is 0 Å². The molecule has 1 heterocycles. The van der Waals surface area contributed by atoms with Crippen molar-refractivity contribution in [2.45, 2.75) is 59.4 Å². The van der Waals surface area contributed by atoms with E-state index in [-0.39, 0.29) is 30.3 Å². The van der Waals surface area contributed by atoms with Gasteiger partial charge in [0.2, 0.25) is 5.91 Å². The Hall–Kier alpha value is -3.02. The van der Waals surface area contributed by atoms with Crippen molar-refractivity contribution in [3.63, 3.8) is 0 Å². The van der Waals surface area contributed by atoms with Gasteiger partial charge >= 0.3 is 5.69 Å². The minimum atomic E-state index is -0.200. The Morgan fingerprint density at radius 1 is 1.03 bits per heavy atom. The second kappa shape index (κ2) is 8.99. The van der Waals surface area contributed by atoms with Crippen LogP contribution in [0.15, 0.2) is 53.3 Å². The number of benzene rings is 2. The van der Waals surface area contributed by atoms with Crippen molar-refractivity contribution < 1.29 is 9.53 Å². The van der Waals surface area contributed by atoms with Crippen LogP contribution in [-0.2, 0) is 17.9 Å². The second-order valence-electron chi connectivity index (χ2n) is 7.54. The molecule has 6 heteroatoms. The number of para-hydroxylation sites is 2. The third-order valence-electron chi connectivity index (χ3n) is 4.78. The van der Waals surface area contributed by atoms with Crippen molar-refractivity contribution in [2.75, 3.05) is 0 Å². The second-order valence-corrected chi connectivity index (χ2v) is 7.54. The molecule has 0 saturated heterocycles. The van der Waals surface area contributed by atoms with Crippen LogP contribution in [-0.4, -0.2) is 21.1 Å². The van der Waals surface area contributed by atoms with Crippen molar-refractivity contribution in [3.05, 3.63) is 64.6 Å². The molecule has 1 unspecified atom stereocenters. The molecule has 29 heavy (non-hydrogen) atoms. The molecule has 0 bridgehead atoms. The number of nitrogens with one attached hydrogen (secondary N) is 1. The zero-order valence-corrected chi connectivity index (χ0v) is 17.5. The van der Waals surface area contributed by atoms with Crippen molar-refractivity contribution in [1.82, 2.24) is 14.5 Å². The highest BCUT2D eigenvalue weighted by Crippen LogP contribution is 2.20. The fourth-order valence-electron chi connectivity index (χ4n) is 3.51. The zero-order chi connectivity index (χ0) is 21.0. The van der Waals surface area contributed by atoms with Gasteiger partial charge in [-0.2, -0.15) is 0 Å². The first-order valence-corrected chi connectivity index (χ1v) is 10.1. The summed E-state index contributed by atoms with van der Waals surface area (Å²) in [5, 5.41) is 2.99. The Balaban J connectivity index is 1.78. The maximum Gasteiger partial charge on any atom is 0.329 e. The highest BCUT2D eigenvalue weighted by atomic mass is 16.5. The number of carbonyl (C=O) groups is 1. The van der Waals surface area contributed by atoms with E-state index in [1.165, 1.54) is 0 Å². The van der Waals surface area contributed by atoms with Crippen LogP contribution in [0.4, 0.5) is 0 Å². The predicted octanol–water partition coefficient (Wildman–Crippen LogP) is 3.88. The summed E-state index contributed by atoms with van der Waals surface area (Å²) in [4.78, 5) is 25.6. The lowest BCUT2D eigenvalue weighted by atomic mass is 10.1. The maximum atomic E-state index is 12.8. The number of amides is 1. The van der Waals surface area contributed by atoms with Crippen molar-refractivity contribution in [3.8, 4) is 5.75 Å². The lowest BCUT2D eigenvalue weighted by Crippen LogP contribution is -2.34. The van der Waals surface area contributed by atoms with E-state index >= 15 is 0 Å². The standard InChI is InChI=1S/C23H29N3O3/c1-5-13-25-20-11-6-7-12-21(20)26(23(25)28)15-22(27)24-17(4)18-9-8-10-19(14-18)29-16(2)3/h6-12,14,16-17H,5,13,15H2,1-4H3,(H,24,27). The zero-order valence-electron chi connectivity index (χ0n) is 17.5. The molecule has 3 rings (SSSR count). The number of aromatic nitrogens is 2. The van der Waals surface area contributed by atoms with E-state index in [1.54, 1.807) is 9.13 Å². The van der Waals surface area contributed by atoms with Gasteiger partial charge in [0, 0.05) is 6.54 Å². The van der Waals surface area contributed by atoms with Crippen LogP contribution in [0.3, 0.4) is 0 Å². The van der Waals surface area contributed by atoms with E-state index in [9.17, 15) is 9.59 Å². The first-order chi connectivity index (χ1) is 13.9. The number of ether oxygens (including phenoxy) is 1. The molecule has 0 radical (unpaired) electrons. The molecular weight excluding hydrogens is 366 g/mol. The first-order valence-electron chi connectivity index (χ1n) is 10.1.